The lowest BCUT2D eigenvalue weighted by molar-refractivity contribution is -0.120. The Balaban J connectivity index is 1.85. The summed E-state index contributed by atoms with van der Waals surface area (Å²) in [7, 11) is 0. The maximum atomic E-state index is 11.9. The highest BCUT2D eigenvalue weighted by Crippen LogP contribution is 2.17. The number of rotatable bonds is 6. The van der Waals surface area contributed by atoms with Crippen LogP contribution in [0.25, 0.3) is 0 Å². The van der Waals surface area contributed by atoms with Crippen LogP contribution < -0.4 is 21.1 Å². The predicted octanol–water partition coefficient (Wildman–Crippen LogP) is -0.132. The van der Waals surface area contributed by atoms with E-state index in [4.69, 9.17) is 15.2 Å². The number of morpholine rings is 1. The minimum absolute atomic E-state index is 0.104. The highest BCUT2D eigenvalue weighted by atomic mass is 16.5. The Labute approximate surface area is 122 Å². The predicted molar refractivity (Wildman–Crippen MR) is 77.0 cm³/mol. The molecule has 114 valence electrons. The van der Waals surface area contributed by atoms with E-state index in [9.17, 15) is 9.59 Å². The van der Waals surface area contributed by atoms with E-state index in [2.05, 4.69) is 10.6 Å². The molecule has 4 N–H and O–H groups in total. The summed E-state index contributed by atoms with van der Waals surface area (Å²) in [5.74, 6) is -0.204. The lowest BCUT2D eigenvalue weighted by Crippen LogP contribution is -2.40. The zero-order chi connectivity index (χ0) is 15.1. The summed E-state index contributed by atoms with van der Waals surface area (Å²) in [6.45, 7) is 1.92. The van der Waals surface area contributed by atoms with Crippen molar-refractivity contribution in [3.05, 3.63) is 24.3 Å². The van der Waals surface area contributed by atoms with Gasteiger partial charge in [0.2, 0.25) is 5.91 Å². The van der Waals surface area contributed by atoms with Crippen molar-refractivity contribution in [1.29, 1.82) is 0 Å². The smallest absolute Gasteiger partial charge is 0.255 e. The third-order valence-electron chi connectivity index (χ3n) is 2.92. The molecule has 1 fully saturated rings. The van der Waals surface area contributed by atoms with E-state index in [1.54, 1.807) is 24.3 Å². The SMILES string of the molecule is NC(=O)COc1cccc(NC(=O)CC2CNCCO2)c1. The summed E-state index contributed by atoms with van der Waals surface area (Å²) >= 11 is 0. The number of ether oxygens (including phenoxy) is 2. The van der Waals surface area contributed by atoms with Gasteiger partial charge in [0.25, 0.3) is 5.91 Å². The van der Waals surface area contributed by atoms with Gasteiger partial charge in [-0.2, -0.15) is 0 Å². The molecule has 1 atom stereocenters. The fraction of sp³-hybridized carbons (Fsp3) is 0.429. The van der Waals surface area contributed by atoms with Crippen molar-refractivity contribution >= 4 is 17.5 Å². The van der Waals surface area contributed by atoms with Gasteiger partial charge in [-0.05, 0) is 12.1 Å². The standard InChI is InChI=1S/C14H19N3O4/c15-13(18)9-21-11-3-1-2-10(6-11)17-14(19)7-12-8-16-4-5-20-12/h1-3,6,12,16H,4-5,7-9H2,(H2,15,18)(H,17,19). The van der Waals surface area contributed by atoms with Crippen LogP contribution in [0.5, 0.6) is 5.75 Å². The van der Waals surface area contributed by atoms with Crippen molar-refractivity contribution in [3.8, 4) is 5.75 Å². The minimum Gasteiger partial charge on any atom is -0.484 e. The van der Waals surface area contributed by atoms with Gasteiger partial charge in [-0.3, -0.25) is 9.59 Å². The van der Waals surface area contributed by atoms with Crippen molar-refractivity contribution in [2.75, 3.05) is 31.6 Å². The Morgan fingerprint density at radius 2 is 2.33 bits per heavy atom. The van der Waals surface area contributed by atoms with E-state index in [1.807, 2.05) is 0 Å². The Kier molecular flexibility index (Phi) is 5.53. The molecule has 0 aromatic heterocycles. The minimum atomic E-state index is -0.550. The first-order valence-electron chi connectivity index (χ1n) is 6.77. The molecule has 1 aliphatic heterocycles. The molecule has 0 spiro atoms. The summed E-state index contributed by atoms with van der Waals surface area (Å²) in [6.07, 6.45) is 0.187. The molecule has 1 unspecified atom stereocenters. The molecule has 1 saturated heterocycles. The zero-order valence-corrected chi connectivity index (χ0v) is 11.6. The van der Waals surface area contributed by atoms with Gasteiger partial charge in [-0.1, -0.05) is 6.07 Å². The average Bonchev–Trinajstić information content (AvgIpc) is 2.46. The van der Waals surface area contributed by atoms with Crippen LogP contribution in [0.2, 0.25) is 0 Å². The summed E-state index contributed by atoms with van der Waals surface area (Å²) in [6, 6.07) is 6.80. The van der Waals surface area contributed by atoms with Crippen molar-refractivity contribution in [3.63, 3.8) is 0 Å². The van der Waals surface area contributed by atoms with Gasteiger partial charge in [0.15, 0.2) is 6.61 Å². The summed E-state index contributed by atoms with van der Waals surface area (Å²) < 4.78 is 10.7. The number of benzene rings is 1. The van der Waals surface area contributed by atoms with Crippen LogP contribution in [-0.2, 0) is 14.3 Å². The van der Waals surface area contributed by atoms with Gasteiger partial charge in [0.05, 0.1) is 19.1 Å². The number of nitrogens with two attached hydrogens (primary N) is 1. The number of hydrogen-bond donors (Lipinski definition) is 3. The first kappa shape index (κ1) is 15.3. The van der Waals surface area contributed by atoms with Crippen LogP contribution in [-0.4, -0.2) is 44.2 Å². The molecule has 21 heavy (non-hydrogen) atoms. The molecule has 2 amide bonds. The van der Waals surface area contributed by atoms with E-state index in [0.717, 1.165) is 6.54 Å². The molecule has 0 bridgehead atoms. The number of carbonyl (C=O) groups is 2. The number of nitrogens with one attached hydrogen (secondary N) is 2. The van der Waals surface area contributed by atoms with Gasteiger partial charge in [0.1, 0.15) is 5.75 Å². The number of hydrogen-bond acceptors (Lipinski definition) is 5. The second kappa shape index (κ2) is 7.61. The largest absolute Gasteiger partial charge is 0.484 e. The lowest BCUT2D eigenvalue weighted by atomic mass is 10.2. The second-order valence-electron chi connectivity index (χ2n) is 4.73. The third-order valence-corrected chi connectivity index (χ3v) is 2.92. The van der Waals surface area contributed by atoms with E-state index >= 15 is 0 Å². The van der Waals surface area contributed by atoms with Crippen LogP contribution in [0, 0.1) is 0 Å². The van der Waals surface area contributed by atoms with Crippen molar-refractivity contribution in [2.45, 2.75) is 12.5 Å². The van der Waals surface area contributed by atoms with Gasteiger partial charge < -0.3 is 25.8 Å². The Morgan fingerprint density at radius 3 is 3.05 bits per heavy atom. The molecule has 7 nitrogen and oxygen atoms in total. The molecular formula is C14H19N3O4. The van der Waals surface area contributed by atoms with Crippen LogP contribution >= 0.6 is 0 Å². The molecule has 1 aromatic rings. The third kappa shape index (κ3) is 5.41. The van der Waals surface area contributed by atoms with Crippen molar-refractivity contribution in [1.82, 2.24) is 5.32 Å². The molecule has 0 saturated carbocycles. The van der Waals surface area contributed by atoms with Crippen LogP contribution in [0.4, 0.5) is 5.69 Å². The van der Waals surface area contributed by atoms with Crippen LogP contribution in [0.15, 0.2) is 24.3 Å². The van der Waals surface area contributed by atoms with Gasteiger partial charge in [-0.25, -0.2) is 0 Å². The average molecular weight is 293 g/mol. The monoisotopic (exact) mass is 293 g/mol. The van der Waals surface area contributed by atoms with Crippen LogP contribution in [0.1, 0.15) is 6.42 Å². The first-order chi connectivity index (χ1) is 10.1. The van der Waals surface area contributed by atoms with E-state index in [0.29, 0.717) is 31.0 Å². The molecular weight excluding hydrogens is 274 g/mol. The Bertz CT molecular complexity index is 501. The van der Waals surface area contributed by atoms with Gasteiger partial charge >= 0.3 is 0 Å². The molecule has 0 aliphatic carbocycles. The number of amides is 2. The molecule has 7 heteroatoms. The van der Waals surface area contributed by atoms with Crippen LogP contribution in [0.3, 0.4) is 0 Å². The first-order valence-corrected chi connectivity index (χ1v) is 6.77. The summed E-state index contributed by atoms with van der Waals surface area (Å²) in [5, 5.41) is 5.95. The molecule has 0 radical (unpaired) electrons. The summed E-state index contributed by atoms with van der Waals surface area (Å²) in [5.41, 5.74) is 5.61. The fourth-order valence-electron chi connectivity index (χ4n) is 1.99. The lowest BCUT2D eigenvalue weighted by Gasteiger charge is -2.23. The number of carbonyl (C=O) groups excluding carboxylic acids is 2. The topological polar surface area (TPSA) is 103 Å². The maximum Gasteiger partial charge on any atom is 0.255 e. The number of primary amides is 1. The van der Waals surface area contributed by atoms with Crippen molar-refractivity contribution in [2.24, 2.45) is 5.73 Å². The molecule has 1 heterocycles. The Hall–Kier alpha value is -2.12. The number of anilines is 1. The molecule has 1 aromatic carbocycles. The Morgan fingerprint density at radius 1 is 1.48 bits per heavy atom. The van der Waals surface area contributed by atoms with E-state index in [1.165, 1.54) is 0 Å². The maximum absolute atomic E-state index is 11.9. The van der Waals surface area contributed by atoms with Gasteiger partial charge in [-0.15, -0.1) is 0 Å². The summed E-state index contributed by atoms with van der Waals surface area (Å²) in [4.78, 5) is 22.6. The zero-order valence-electron chi connectivity index (χ0n) is 11.6. The molecule has 2 rings (SSSR count). The fourth-order valence-corrected chi connectivity index (χ4v) is 1.99. The molecule has 1 aliphatic rings. The highest BCUT2D eigenvalue weighted by Gasteiger charge is 2.17. The quantitative estimate of drug-likeness (QED) is 0.678. The normalized spacial score (nSPS) is 18.0. The second-order valence-corrected chi connectivity index (χ2v) is 4.73. The van der Waals surface area contributed by atoms with Crippen molar-refractivity contribution < 1.29 is 19.1 Å². The van der Waals surface area contributed by atoms with E-state index in [-0.39, 0.29) is 18.6 Å². The van der Waals surface area contributed by atoms with Gasteiger partial charge in [0, 0.05) is 24.8 Å². The highest BCUT2D eigenvalue weighted by molar-refractivity contribution is 5.91. The van der Waals surface area contributed by atoms with E-state index < -0.39 is 5.91 Å².